The summed E-state index contributed by atoms with van der Waals surface area (Å²) >= 11 is 1.56. The zero-order chi connectivity index (χ0) is 15.1. The lowest BCUT2D eigenvalue weighted by Gasteiger charge is -2.07. The molecule has 2 rings (SSSR count). The van der Waals surface area contributed by atoms with E-state index in [0.29, 0.717) is 11.6 Å². The summed E-state index contributed by atoms with van der Waals surface area (Å²) in [6.45, 7) is 1.62. The standard InChI is InChI=1S/C15H14N4OS/c1-3-4-13(20)17-11-5-7-12(8-6-11)18-15-16-10-9-14(19-15)21-2/h5-10H,1-2H3,(H,17,20)(H,16,18,19). The Morgan fingerprint density at radius 2 is 1.90 bits per heavy atom. The van der Waals surface area contributed by atoms with E-state index in [1.54, 1.807) is 37.0 Å². The summed E-state index contributed by atoms with van der Waals surface area (Å²) in [5.41, 5.74) is 1.53. The molecule has 0 fully saturated rings. The molecule has 106 valence electrons. The maximum absolute atomic E-state index is 11.3. The van der Waals surface area contributed by atoms with E-state index in [4.69, 9.17) is 0 Å². The maximum atomic E-state index is 11.3. The van der Waals surface area contributed by atoms with Gasteiger partial charge in [0.05, 0.1) is 0 Å². The molecule has 1 heterocycles. The van der Waals surface area contributed by atoms with Gasteiger partial charge in [-0.3, -0.25) is 4.79 Å². The molecule has 2 N–H and O–H groups in total. The van der Waals surface area contributed by atoms with E-state index in [2.05, 4.69) is 32.4 Å². The van der Waals surface area contributed by atoms with Gasteiger partial charge in [0.1, 0.15) is 5.03 Å². The van der Waals surface area contributed by atoms with Gasteiger partial charge in [-0.15, -0.1) is 11.8 Å². The van der Waals surface area contributed by atoms with Crippen molar-refractivity contribution in [2.45, 2.75) is 11.9 Å². The molecule has 5 nitrogen and oxygen atoms in total. The molecule has 0 saturated heterocycles. The number of nitrogens with one attached hydrogen (secondary N) is 2. The second-order valence-electron chi connectivity index (χ2n) is 3.95. The van der Waals surface area contributed by atoms with E-state index in [-0.39, 0.29) is 5.91 Å². The summed E-state index contributed by atoms with van der Waals surface area (Å²) in [7, 11) is 0. The first-order valence-corrected chi connectivity index (χ1v) is 7.41. The van der Waals surface area contributed by atoms with E-state index in [9.17, 15) is 4.79 Å². The van der Waals surface area contributed by atoms with Gasteiger partial charge in [-0.25, -0.2) is 9.97 Å². The molecule has 0 aliphatic carbocycles. The fraction of sp³-hybridized carbons (Fsp3) is 0.133. The molecule has 0 aliphatic heterocycles. The van der Waals surface area contributed by atoms with Crippen molar-refractivity contribution < 1.29 is 4.79 Å². The Labute approximate surface area is 127 Å². The minimum Gasteiger partial charge on any atom is -0.324 e. The molecular formula is C15H14N4OS. The summed E-state index contributed by atoms with van der Waals surface area (Å²) in [6.07, 6.45) is 3.67. The van der Waals surface area contributed by atoms with Crippen molar-refractivity contribution >= 4 is 35.0 Å². The third-order valence-corrected chi connectivity index (χ3v) is 3.12. The number of carbonyl (C=O) groups is 1. The predicted molar refractivity (Wildman–Crippen MR) is 85.6 cm³/mol. The van der Waals surface area contributed by atoms with Crippen LogP contribution in [0.4, 0.5) is 17.3 Å². The van der Waals surface area contributed by atoms with Gasteiger partial charge in [0.15, 0.2) is 0 Å². The largest absolute Gasteiger partial charge is 0.324 e. The normalized spacial score (nSPS) is 9.43. The van der Waals surface area contributed by atoms with Crippen molar-refractivity contribution in [2.24, 2.45) is 0 Å². The van der Waals surface area contributed by atoms with Crippen LogP contribution >= 0.6 is 11.8 Å². The van der Waals surface area contributed by atoms with Crippen LogP contribution in [0.3, 0.4) is 0 Å². The molecule has 0 atom stereocenters. The Morgan fingerprint density at radius 1 is 1.19 bits per heavy atom. The van der Waals surface area contributed by atoms with Crippen molar-refractivity contribution in [1.82, 2.24) is 9.97 Å². The number of carbonyl (C=O) groups excluding carboxylic acids is 1. The monoisotopic (exact) mass is 298 g/mol. The van der Waals surface area contributed by atoms with Gasteiger partial charge < -0.3 is 10.6 Å². The number of aromatic nitrogens is 2. The van der Waals surface area contributed by atoms with Crippen LogP contribution in [0, 0.1) is 11.8 Å². The zero-order valence-corrected chi connectivity index (χ0v) is 12.5. The Bertz CT molecular complexity index is 689. The fourth-order valence-corrected chi connectivity index (χ4v) is 1.93. The van der Waals surface area contributed by atoms with E-state index in [1.165, 1.54) is 0 Å². The highest BCUT2D eigenvalue weighted by molar-refractivity contribution is 7.98. The van der Waals surface area contributed by atoms with E-state index < -0.39 is 0 Å². The molecule has 21 heavy (non-hydrogen) atoms. The number of nitrogens with zero attached hydrogens (tertiary/aromatic N) is 2. The number of amides is 1. The fourth-order valence-electron chi connectivity index (χ4n) is 1.56. The molecule has 1 amide bonds. The van der Waals surface area contributed by atoms with Crippen LogP contribution in [0.2, 0.25) is 0 Å². The van der Waals surface area contributed by atoms with E-state index >= 15 is 0 Å². The molecule has 0 spiro atoms. The lowest BCUT2D eigenvalue weighted by atomic mass is 10.3. The summed E-state index contributed by atoms with van der Waals surface area (Å²) < 4.78 is 0. The average molecular weight is 298 g/mol. The summed E-state index contributed by atoms with van der Waals surface area (Å²) in [4.78, 5) is 19.8. The first kappa shape index (κ1) is 14.9. The Balaban J connectivity index is 2.04. The number of benzene rings is 1. The molecule has 2 aromatic rings. The Hall–Kier alpha value is -2.52. The van der Waals surface area contributed by atoms with Gasteiger partial charge in [0.2, 0.25) is 5.95 Å². The molecule has 0 radical (unpaired) electrons. The highest BCUT2D eigenvalue weighted by atomic mass is 32.2. The Morgan fingerprint density at radius 3 is 2.57 bits per heavy atom. The smallest absolute Gasteiger partial charge is 0.300 e. The highest BCUT2D eigenvalue weighted by Gasteiger charge is 2.01. The summed E-state index contributed by atoms with van der Waals surface area (Å²) in [5, 5.41) is 6.68. The second kappa shape index (κ2) is 7.31. The van der Waals surface area contributed by atoms with Crippen LogP contribution in [0.25, 0.3) is 0 Å². The zero-order valence-electron chi connectivity index (χ0n) is 11.7. The van der Waals surface area contributed by atoms with Gasteiger partial charge in [0, 0.05) is 17.6 Å². The minimum absolute atomic E-state index is 0.325. The van der Waals surface area contributed by atoms with Crippen molar-refractivity contribution in [3.63, 3.8) is 0 Å². The van der Waals surface area contributed by atoms with Crippen LogP contribution in [0.15, 0.2) is 41.6 Å². The summed E-state index contributed by atoms with van der Waals surface area (Å²) in [5.74, 6) is 5.19. The molecular weight excluding hydrogens is 284 g/mol. The van der Waals surface area contributed by atoms with Gasteiger partial charge in [0.25, 0.3) is 5.91 Å². The van der Waals surface area contributed by atoms with Crippen LogP contribution in [-0.4, -0.2) is 22.1 Å². The molecule has 0 unspecified atom stereocenters. The van der Waals surface area contributed by atoms with Crippen molar-refractivity contribution in [3.05, 3.63) is 36.5 Å². The third kappa shape index (κ3) is 4.51. The second-order valence-corrected chi connectivity index (χ2v) is 4.78. The SMILES string of the molecule is CC#CC(=O)Nc1ccc(Nc2nccc(SC)n2)cc1. The first-order valence-electron chi connectivity index (χ1n) is 6.19. The van der Waals surface area contributed by atoms with Gasteiger partial charge in [-0.2, -0.15) is 0 Å². The van der Waals surface area contributed by atoms with E-state index in [1.807, 2.05) is 24.5 Å². The lowest BCUT2D eigenvalue weighted by molar-refractivity contribution is -0.111. The number of hydrogen-bond acceptors (Lipinski definition) is 5. The van der Waals surface area contributed by atoms with Crippen LogP contribution < -0.4 is 10.6 Å². The topological polar surface area (TPSA) is 66.9 Å². The average Bonchev–Trinajstić information content (AvgIpc) is 2.50. The van der Waals surface area contributed by atoms with Crippen LogP contribution in [-0.2, 0) is 4.79 Å². The molecule has 0 aliphatic rings. The summed E-state index contributed by atoms with van der Waals surface area (Å²) in [6, 6.07) is 9.10. The first-order chi connectivity index (χ1) is 10.2. The molecule has 0 bridgehead atoms. The third-order valence-electron chi connectivity index (χ3n) is 2.48. The minimum atomic E-state index is -0.325. The number of thioether (sulfide) groups is 1. The molecule has 0 saturated carbocycles. The lowest BCUT2D eigenvalue weighted by Crippen LogP contribution is -2.08. The van der Waals surface area contributed by atoms with Gasteiger partial charge in [-0.05, 0) is 49.4 Å². The van der Waals surface area contributed by atoms with Gasteiger partial charge in [-0.1, -0.05) is 5.92 Å². The number of anilines is 3. The molecule has 6 heteroatoms. The van der Waals surface area contributed by atoms with Crippen molar-refractivity contribution in [3.8, 4) is 11.8 Å². The molecule has 1 aromatic carbocycles. The van der Waals surface area contributed by atoms with Crippen molar-refractivity contribution in [1.29, 1.82) is 0 Å². The maximum Gasteiger partial charge on any atom is 0.300 e. The predicted octanol–water partition coefficient (Wildman–Crippen LogP) is 2.90. The highest BCUT2D eigenvalue weighted by Crippen LogP contribution is 2.18. The number of rotatable bonds is 4. The Kier molecular flexibility index (Phi) is 5.18. The van der Waals surface area contributed by atoms with Crippen molar-refractivity contribution in [2.75, 3.05) is 16.9 Å². The van der Waals surface area contributed by atoms with Gasteiger partial charge >= 0.3 is 0 Å². The quantitative estimate of drug-likeness (QED) is 0.516. The van der Waals surface area contributed by atoms with Crippen LogP contribution in [0.1, 0.15) is 6.92 Å². The van der Waals surface area contributed by atoms with Crippen LogP contribution in [0.5, 0.6) is 0 Å². The molecule has 1 aromatic heterocycles. The number of hydrogen-bond donors (Lipinski definition) is 2. The van der Waals surface area contributed by atoms with E-state index in [0.717, 1.165) is 10.7 Å².